The molecule has 2 aliphatic rings. The van der Waals surface area contributed by atoms with Crippen molar-refractivity contribution in [3.63, 3.8) is 0 Å². The van der Waals surface area contributed by atoms with Crippen LogP contribution < -0.4 is 0 Å². The normalized spacial score (nSPS) is 42.3. The molecular formula is C7H13NO. The lowest BCUT2D eigenvalue weighted by Gasteiger charge is -2.42. The van der Waals surface area contributed by atoms with Crippen LogP contribution in [0.5, 0.6) is 0 Å². The van der Waals surface area contributed by atoms with Gasteiger partial charge in [-0.2, -0.15) is 0 Å². The van der Waals surface area contributed by atoms with Crippen molar-refractivity contribution in [2.75, 3.05) is 19.7 Å². The summed E-state index contributed by atoms with van der Waals surface area (Å²) in [7, 11) is 0. The van der Waals surface area contributed by atoms with E-state index in [2.05, 4.69) is 11.8 Å². The zero-order valence-corrected chi connectivity index (χ0v) is 5.84. The second-order valence-corrected chi connectivity index (χ2v) is 2.85. The molecule has 2 heteroatoms. The fourth-order valence-corrected chi connectivity index (χ4v) is 1.82. The van der Waals surface area contributed by atoms with E-state index in [1.165, 1.54) is 19.5 Å². The molecule has 2 nitrogen and oxygen atoms in total. The first-order chi connectivity index (χ1) is 4.42. The van der Waals surface area contributed by atoms with Gasteiger partial charge in [0.05, 0.1) is 6.10 Å². The van der Waals surface area contributed by atoms with Crippen LogP contribution >= 0.6 is 0 Å². The third-order valence-corrected chi connectivity index (χ3v) is 2.46. The third kappa shape index (κ3) is 0.700. The van der Waals surface area contributed by atoms with Gasteiger partial charge >= 0.3 is 0 Å². The molecule has 2 fully saturated rings. The Morgan fingerprint density at radius 2 is 2.56 bits per heavy atom. The van der Waals surface area contributed by atoms with Crippen LogP contribution in [0.25, 0.3) is 0 Å². The lowest BCUT2D eigenvalue weighted by atomic mass is 9.99. The fourth-order valence-electron chi connectivity index (χ4n) is 1.82. The largest absolute Gasteiger partial charge is 0.375 e. The molecule has 2 atom stereocenters. The summed E-state index contributed by atoms with van der Waals surface area (Å²) in [4.78, 5) is 2.48. The molecule has 0 aromatic heterocycles. The van der Waals surface area contributed by atoms with Crippen molar-refractivity contribution in [3.05, 3.63) is 0 Å². The fraction of sp³-hybridized carbons (Fsp3) is 1.00. The molecule has 0 aromatic rings. The predicted octanol–water partition coefficient (Wildman–Crippen LogP) is 0.479. The van der Waals surface area contributed by atoms with Gasteiger partial charge in [0.15, 0.2) is 0 Å². The second-order valence-electron chi connectivity index (χ2n) is 2.85. The summed E-state index contributed by atoms with van der Waals surface area (Å²) in [6.45, 7) is 5.59. The molecule has 2 rings (SSSR count). The van der Waals surface area contributed by atoms with E-state index in [4.69, 9.17) is 4.74 Å². The highest BCUT2D eigenvalue weighted by atomic mass is 16.5. The van der Waals surface area contributed by atoms with E-state index >= 15 is 0 Å². The maximum absolute atomic E-state index is 5.44. The first kappa shape index (κ1) is 5.69. The summed E-state index contributed by atoms with van der Waals surface area (Å²) in [6.07, 6.45) is 1.86. The van der Waals surface area contributed by atoms with Gasteiger partial charge in [0, 0.05) is 19.2 Å². The molecule has 2 aliphatic heterocycles. The van der Waals surface area contributed by atoms with Crippen LogP contribution in [0.1, 0.15) is 13.3 Å². The topological polar surface area (TPSA) is 12.5 Å². The summed E-state index contributed by atoms with van der Waals surface area (Å²) in [5, 5.41) is 0. The molecule has 0 amide bonds. The summed E-state index contributed by atoms with van der Waals surface area (Å²) in [5.74, 6) is 0. The number of hydrogen-bond acceptors (Lipinski definition) is 2. The van der Waals surface area contributed by atoms with Crippen LogP contribution in [0.2, 0.25) is 0 Å². The van der Waals surface area contributed by atoms with E-state index in [0.717, 1.165) is 12.6 Å². The molecule has 0 radical (unpaired) electrons. The Bertz CT molecular complexity index is 115. The van der Waals surface area contributed by atoms with Crippen LogP contribution in [-0.4, -0.2) is 36.7 Å². The van der Waals surface area contributed by atoms with Crippen LogP contribution in [0, 0.1) is 0 Å². The highest BCUT2D eigenvalue weighted by Crippen LogP contribution is 2.28. The van der Waals surface area contributed by atoms with E-state index in [1.807, 2.05) is 0 Å². The Kier molecular flexibility index (Phi) is 1.24. The Balaban J connectivity index is 1.93. The predicted molar refractivity (Wildman–Crippen MR) is 35.4 cm³/mol. The number of likely N-dealkylation sites (N-methyl/N-ethyl adjacent to an activating group) is 1. The van der Waals surface area contributed by atoms with Gasteiger partial charge in [0.1, 0.15) is 0 Å². The monoisotopic (exact) mass is 127 g/mol. The number of ether oxygens (including phenoxy) is 1. The molecule has 2 saturated heterocycles. The molecular weight excluding hydrogens is 114 g/mol. The first-order valence-corrected chi connectivity index (χ1v) is 3.77. The average Bonchev–Trinajstić information content (AvgIpc) is 2.14. The quantitative estimate of drug-likeness (QED) is 0.508. The van der Waals surface area contributed by atoms with Crippen molar-refractivity contribution in [2.45, 2.75) is 25.5 Å². The number of nitrogens with zero attached hydrogens (tertiary/aromatic N) is 1. The van der Waals surface area contributed by atoms with E-state index in [-0.39, 0.29) is 0 Å². The van der Waals surface area contributed by atoms with Crippen molar-refractivity contribution in [3.8, 4) is 0 Å². The smallest absolute Gasteiger partial charge is 0.0857 e. The van der Waals surface area contributed by atoms with Crippen molar-refractivity contribution in [1.29, 1.82) is 0 Å². The molecule has 52 valence electrons. The molecule has 0 bridgehead atoms. The summed E-state index contributed by atoms with van der Waals surface area (Å²) >= 11 is 0. The minimum absolute atomic E-state index is 0.602. The highest BCUT2D eigenvalue weighted by Gasteiger charge is 2.41. The summed E-state index contributed by atoms with van der Waals surface area (Å²) in [5.41, 5.74) is 0. The van der Waals surface area contributed by atoms with Crippen LogP contribution in [0.3, 0.4) is 0 Å². The Hall–Kier alpha value is -0.0800. The van der Waals surface area contributed by atoms with E-state index in [0.29, 0.717) is 6.10 Å². The summed E-state index contributed by atoms with van der Waals surface area (Å²) in [6, 6.07) is 0.787. The van der Waals surface area contributed by atoms with Gasteiger partial charge in [-0.3, -0.25) is 4.90 Å². The van der Waals surface area contributed by atoms with Gasteiger partial charge in [-0.25, -0.2) is 0 Å². The average molecular weight is 127 g/mol. The van der Waals surface area contributed by atoms with Gasteiger partial charge in [-0.15, -0.1) is 0 Å². The molecule has 9 heavy (non-hydrogen) atoms. The van der Waals surface area contributed by atoms with E-state index < -0.39 is 0 Å². The highest BCUT2D eigenvalue weighted by molar-refractivity contribution is 4.95. The molecule has 2 heterocycles. The van der Waals surface area contributed by atoms with Gasteiger partial charge in [0.25, 0.3) is 0 Å². The standard InChI is InChI=1S/C7H13NO/c1-2-8-5-7-6(8)3-4-9-7/h6-7H,2-5H2,1H3/t6?,7-/m0/s1. The van der Waals surface area contributed by atoms with E-state index in [9.17, 15) is 0 Å². The van der Waals surface area contributed by atoms with Gasteiger partial charge in [-0.05, 0) is 13.0 Å². The zero-order valence-electron chi connectivity index (χ0n) is 5.84. The molecule has 0 N–H and O–H groups in total. The van der Waals surface area contributed by atoms with Crippen LogP contribution in [0.15, 0.2) is 0 Å². The molecule has 0 aliphatic carbocycles. The van der Waals surface area contributed by atoms with Crippen molar-refractivity contribution < 1.29 is 4.74 Å². The van der Waals surface area contributed by atoms with Crippen molar-refractivity contribution >= 4 is 0 Å². The Morgan fingerprint density at radius 1 is 1.67 bits per heavy atom. The molecule has 0 spiro atoms. The lowest BCUT2D eigenvalue weighted by molar-refractivity contribution is -0.0363. The lowest BCUT2D eigenvalue weighted by Crippen LogP contribution is -2.57. The Labute approximate surface area is 55.8 Å². The number of rotatable bonds is 1. The van der Waals surface area contributed by atoms with Gasteiger partial charge in [-0.1, -0.05) is 6.92 Å². The number of likely N-dealkylation sites (tertiary alicyclic amines) is 1. The second kappa shape index (κ2) is 1.96. The minimum Gasteiger partial charge on any atom is -0.375 e. The summed E-state index contributed by atoms with van der Waals surface area (Å²) < 4.78 is 5.44. The van der Waals surface area contributed by atoms with Crippen molar-refractivity contribution in [2.24, 2.45) is 0 Å². The SMILES string of the molecule is CCN1C[C@@H]2OCCC21. The third-order valence-electron chi connectivity index (χ3n) is 2.46. The molecule has 1 unspecified atom stereocenters. The molecule has 0 saturated carbocycles. The van der Waals surface area contributed by atoms with Crippen LogP contribution in [0.4, 0.5) is 0 Å². The maximum atomic E-state index is 5.44. The molecule has 0 aromatic carbocycles. The van der Waals surface area contributed by atoms with Crippen molar-refractivity contribution in [1.82, 2.24) is 4.90 Å². The Morgan fingerprint density at radius 3 is 3.22 bits per heavy atom. The number of hydrogen-bond donors (Lipinski definition) is 0. The van der Waals surface area contributed by atoms with Gasteiger partial charge < -0.3 is 4.74 Å². The zero-order chi connectivity index (χ0) is 6.27. The van der Waals surface area contributed by atoms with Gasteiger partial charge in [0.2, 0.25) is 0 Å². The van der Waals surface area contributed by atoms with E-state index in [1.54, 1.807) is 0 Å². The number of fused-ring (bicyclic) bond motifs is 1. The van der Waals surface area contributed by atoms with Crippen LogP contribution in [-0.2, 0) is 4.74 Å². The maximum Gasteiger partial charge on any atom is 0.0857 e. The minimum atomic E-state index is 0.602. The first-order valence-electron chi connectivity index (χ1n) is 3.77.